The summed E-state index contributed by atoms with van der Waals surface area (Å²) in [5.74, 6) is 4.35. The molecule has 0 saturated heterocycles. The highest BCUT2D eigenvalue weighted by atomic mass is 16.5. The number of ether oxygens (including phenoxy) is 1. The normalized spacial score (nSPS) is 31.1. The Labute approximate surface area is 135 Å². The summed E-state index contributed by atoms with van der Waals surface area (Å²) >= 11 is 0. The Kier molecular flexibility index (Phi) is 5.02. The molecule has 22 heavy (non-hydrogen) atoms. The molecule has 0 aliphatic heterocycles. The fraction of sp³-hybridized carbons (Fsp3) is 0.524. The summed E-state index contributed by atoms with van der Waals surface area (Å²) in [6.45, 7) is 8.26. The minimum absolute atomic E-state index is 0.580. The molecule has 0 heterocycles. The summed E-state index contributed by atoms with van der Waals surface area (Å²) in [5.41, 5.74) is 1.50. The molecule has 1 unspecified atom stereocenters. The lowest BCUT2D eigenvalue weighted by Crippen LogP contribution is -2.29. The van der Waals surface area contributed by atoms with Gasteiger partial charge in [-0.3, -0.25) is 0 Å². The van der Waals surface area contributed by atoms with E-state index >= 15 is 0 Å². The Balaban J connectivity index is 1.60. The van der Waals surface area contributed by atoms with Crippen LogP contribution >= 0.6 is 0 Å². The van der Waals surface area contributed by atoms with Crippen molar-refractivity contribution >= 4 is 0 Å². The van der Waals surface area contributed by atoms with E-state index in [2.05, 4.69) is 43.5 Å². The Morgan fingerprint density at radius 3 is 2.41 bits per heavy atom. The van der Waals surface area contributed by atoms with E-state index in [1.807, 2.05) is 0 Å². The molecule has 4 atom stereocenters. The minimum atomic E-state index is 0.580. The Morgan fingerprint density at radius 1 is 0.955 bits per heavy atom. The van der Waals surface area contributed by atoms with Crippen LogP contribution in [0.25, 0.3) is 0 Å². The molecule has 2 aliphatic carbocycles. The zero-order valence-electron chi connectivity index (χ0n) is 13.5. The van der Waals surface area contributed by atoms with Gasteiger partial charge in [0.1, 0.15) is 12.4 Å². The third-order valence-corrected chi connectivity index (χ3v) is 5.71. The van der Waals surface area contributed by atoms with Gasteiger partial charge in [0.2, 0.25) is 0 Å². The Bertz CT molecular complexity index is 501. The van der Waals surface area contributed by atoms with E-state index in [-0.39, 0.29) is 0 Å². The van der Waals surface area contributed by atoms with Crippen molar-refractivity contribution in [3.05, 3.63) is 55.1 Å². The predicted octanol–water partition coefficient (Wildman–Crippen LogP) is 5.74. The molecule has 0 bridgehead atoms. The van der Waals surface area contributed by atoms with Crippen LogP contribution in [0.4, 0.5) is 0 Å². The smallest absolute Gasteiger partial charge is 0.119 e. The van der Waals surface area contributed by atoms with Crippen LogP contribution in [0.3, 0.4) is 0 Å². The van der Waals surface area contributed by atoms with Crippen LogP contribution in [-0.2, 0) is 0 Å². The van der Waals surface area contributed by atoms with Gasteiger partial charge in [-0.2, -0.15) is 0 Å². The second-order valence-electron chi connectivity index (χ2n) is 7.01. The van der Waals surface area contributed by atoms with Gasteiger partial charge in [0, 0.05) is 0 Å². The molecule has 3 rings (SSSR count). The molecule has 2 fully saturated rings. The fourth-order valence-electron chi connectivity index (χ4n) is 4.43. The van der Waals surface area contributed by atoms with Gasteiger partial charge < -0.3 is 4.74 Å². The lowest BCUT2D eigenvalue weighted by Gasteiger charge is -2.41. The van der Waals surface area contributed by atoms with E-state index in [1.54, 1.807) is 6.08 Å². The first kappa shape index (κ1) is 15.4. The van der Waals surface area contributed by atoms with Gasteiger partial charge >= 0.3 is 0 Å². The average Bonchev–Trinajstić information content (AvgIpc) is 2.59. The first-order chi connectivity index (χ1) is 10.8. The zero-order chi connectivity index (χ0) is 15.4. The lowest BCUT2D eigenvalue weighted by molar-refractivity contribution is 0.133. The SMILES string of the molecule is C=CCOc1ccc(C2CC[C@@H]3C[C@H](C=C)CC[C@@H]3C2)cc1. The molecule has 1 heteroatoms. The summed E-state index contributed by atoms with van der Waals surface area (Å²) in [4.78, 5) is 0. The number of rotatable bonds is 5. The molecule has 1 nitrogen and oxygen atoms in total. The van der Waals surface area contributed by atoms with Crippen molar-refractivity contribution in [1.29, 1.82) is 0 Å². The molecule has 1 aromatic carbocycles. The standard InChI is InChI=1S/C21H28O/c1-3-13-22-21-11-9-17(10-12-21)19-8-7-18-14-16(4-2)5-6-20(18)15-19/h3-4,9-12,16,18-20H,1-2,5-8,13-15H2/t16-,18-,19?,20-/m1/s1. The van der Waals surface area contributed by atoms with Crippen LogP contribution in [0.2, 0.25) is 0 Å². The summed E-state index contributed by atoms with van der Waals surface area (Å²) in [6.07, 6.45) is 12.2. The highest BCUT2D eigenvalue weighted by Crippen LogP contribution is 2.47. The summed E-state index contributed by atoms with van der Waals surface area (Å²) in [6, 6.07) is 8.75. The van der Waals surface area contributed by atoms with Crippen LogP contribution in [0.15, 0.2) is 49.6 Å². The number of benzene rings is 1. The molecule has 2 aliphatic rings. The summed E-state index contributed by atoms with van der Waals surface area (Å²) < 4.78 is 5.58. The topological polar surface area (TPSA) is 9.23 Å². The molecule has 2 saturated carbocycles. The highest BCUT2D eigenvalue weighted by Gasteiger charge is 2.35. The minimum Gasteiger partial charge on any atom is -0.490 e. The van der Waals surface area contributed by atoms with Crippen molar-refractivity contribution in [1.82, 2.24) is 0 Å². The molecular formula is C21H28O. The van der Waals surface area contributed by atoms with Gasteiger partial charge in [-0.1, -0.05) is 30.9 Å². The predicted molar refractivity (Wildman–Crippen MR) is 93.2 cm³/mol. The maximum absolute atomic E-state index is 5.58. The van der Waals surface area contributed by atoms with E-state index in [0.717, 1.165) is 29.4 Å². The van der Waals surface area contributed by atoms with Gasteiger partial charge in [-0.15, -0.1) is 6.58 Å². The van der Waals surface area contributed by atoms with Crippen molar-refractivity contribution in [2.45, 2.75) is 44.4 Å². The third kappa shape index (κ3) is 3.45. The molecule has 118 valence electrons. The van der Waals surface area contributed by atoms with E-state index in [1.165, 1.54) is 44.1 Å². The maximum atomic E-state index is 5.58. The average molecular weight is 296 g/mol. The number of hydrogen-bond acceptors (Lipinski definition) is 1. The van der Waals surface area contributed by atoms with Crippen LogP contribution in [0, 0.1) is 17.8 Å². The fourth-order valence-corrected chi connectivity index (χ4v) is 4.43. The molecule has 0 amide bonds. The Hall–Kier alpha value is -1.50. The van der Waals surface area contributed by atoms with Gasteiger partial charge in [0.05, 0.1) is 0 Å². The van der Waals surface area contributed by atoms with Crippen LogP contribution in [0.5, 0.6) is 5.75 Å². The van der Waals surface area contributed by atoms with Crippen LogP contribution in [0.1, 0.15) is 50.0 Å². The van der Waals surface area contributed by atoms with Crippen molar-refractivity contribution in [2.24, 2.45) is 17.8 Å². The van der Waals surface area contributed by atoms with E-state index in [0.29, 0.717) is 6.61 Å². The van der Waals surface area contributed by atoms with Crippen molar-refractivity contribution in [3.8, 4) is 5.75 Å². The lowest BCUT2D eigenvalue weighted by atomic mass is 9.64. The molecule has 0 radical (unpaired) electrons. The van der Waals surface area contributed by atoms with Gasteiger partial charge in [-0.25, -0.2) is 0 Å². The van der Waals surface area contributed by atoms with Crippen molar-refractivity contribution in [3.63, 3.8) is 0 Å². The quantitative estimate of drug-likeness (QED) is 0.630. The van der Waals surface area contributed by atoms with Crippen molar-refractivity contribution in [2.75, 3.05) is 6.61 Å². The largest absolute Gasteiger partial charge is 0.490 e. The second kappa shape index (κ2) is 7.17. The van der Waals surface area contributed by atoms with Crippen LogP contribution < -0.4 is 4.74 Å². The molecule has 0 N–H and O–H groups in total. The number of fused-ring (bicyclic) bond motifs is 1. The monoisotopic (exact) mass is 296 g/mol. The third-order valence-electron chi connectivity index (χ3n) is 5.71. The van der Waals surface area contributed by atoms with E-state index in [4.69, 9.17) is 4.74 Å². The van der Waals surface area contributed by atoms with E-state index in [9.17, 15) is 0 Å². The van der Waals surface area contributed by atoms with Crippen LogP contribution in [-0.4, -0.2) is 6.61 Å². The van der Waals surface area contributed by atoms with Gasteiger partial charge in [0.15, 0.2) is 0 Å². The first-order valence-electron chi connectivity index (χ1n) is 8.76. The summed E-state index contributed by atoms with van der Waals surface area (Å²) in [5, 5.41) is 0. The summed E-state index contributed by atoms with van der Waals surface area (Å²) in [7, 11) is 0. The molecule has 0 spiro atoms. The number of allylic oxidation sites excluding steroid dienone is 1. The Morgan fingerprint density at radius 2 is 1.68 bits per heavy atom. The zero-order valence-corrected chi connectivity index (χ0v) is 13.5. The maximum Gasteiger partial charge on any atom is 0.119 e. The van der Waals surface area contributed by atoms with Gasteiger partial charge in [-0.05, 0) is 79.9 Å². The molecule has 0 aromatic heterocycles. The van der Waals surface area contributed by atoms with Crippen molar-refractivity contribution < 1.29 is 4.74 Å². The second-order valence-corrected chi connectivity index (χ2v) is 7.01. The highest BCUT2D eigenvalue weighted by molar-refractivity contribution is 5.30. The first-order valence-corrected chi connectivity index (χ1v) is 8.76. The molecule has 1 aromatic rings. The van der Waals surface area contributed by atoms with Gasteiger partial charge in [0.25, 0.3) is 0 Å². The number of hydrogen-bond donors (Lipinski definition) is 0. The van der Waals surface area contributed by atoms with E-state index < -0.39 is 0 Å². The molecular weight excluding hydrogens is 268 g/mol.